The number of hydrogen-bond donors (Lipinski definition) is 2. The number of ether oxygens (including phenoxy) is 1. The van der Waals surface area contributed by atoms with Gasteiger partial charge in [0.25, 0.3) is 5.91 Å². The zero-order chi connectivity index (χ0) is 30.3. The minimum atomic E-state index is -1.25. The fourth-order valence-electron chi connectivity index (χ4n) is 11.2. The van der Waals surface area contributed by atoms with Crippen molar-refractivity contribution in [3.63, 3.8) is 0 Å². The van der Waals surface area contributed by atoms with E-state index in [9.17, 15) is 14.4 Å². The Hall–Kier alpha value is -1.88. The number of carbonyl (C=O) groups excluding carboxylic acids is 3. The van der Waals surface area contributed by atoms with E-state index in [0.717, 1.165) is 58.0 Å². The molecular formula is C34H50FN5O4. The number of hydrogen-bond acceptors (Lipinski definition) is 8. The molecule has 4 aliphatic heterocycles. The molecule has 10 heteroatoms. The quantitative estimate of drug-likeness (QED) is 0.455. The first-order valence-corrected chi connectivity index (χ1v) is 17.6. The minimum absolute atomic E-state index is 0.00649. The maximum atomic E-state index is 16.3. The van der Waals surface area contributed by atoms with E-state index in [0.29, 0.717) is 43.2 Å². The monoisotopic (exact) mass is 611 g/mol. The van der Waals surface area contributed by atoms with E-state index in [4.69, 9.17) is 10.5 Å². The highest BCUT2D eigenvalue weighted by molar-refractivity contribution is 6.20. The molecule has 4 aliphatic carbocycles. The van der Waals surface area contributed by atoms with Crippen molar-refractivity contribution in [2.45, 2.75) is 119 Å². The smallest absolute Gasteiger partial charge is 0.256 e. The number of nitrogens with one attached hydrogen (secondary N) is 1. The Morgan fingerprint density at radius 3 is 2.61 bits per heavy atom. The number of ketones is 2. The molecule has 3 N–H and O–H groups in total. The maximum absolute atomic E-state index is 16.3. The van der Waals surface area contributed by atoms with E-state index in [1.807, 2.05) is 6.20 Å². The molecule has 44 heavy (non-hydrogen) atoms. The third-order valence-electron chi connectivity index (χ3n) is 13.3. The maximum Gasteiger partial charge on any atom is 0.256 e. The van der Waals surface area contributed by atoms with Gasteiger partial charge in [-0.2, -0.15) is 0 Å². The van der Waals surface area contributed by atoms with Crippen LogP contribution >= 0.6 is 0 Å². The number of Topliss-reactive ketones (excluding diaryl/α,β-unsaturated/α-hetero) is 2. The Morgan fingerprint density at radius 1 is 1.00 bits per heavy atom. The second-order valence-corrected chi connectivity index (χ2v) is 15.5. The normalized spacial score (nSPS) is 47.1. The van der Waals surface area contributed by atoms with Crippen molar-refractivity contribution in [2.75, 3.05) is 33.2 Å². The first-order valence-electron chi connectivity index (χ1n) is 17.6. The lowest BCUT2D eigenvalue weighted by Crippen LogP contribution is -2.73. The standard InChI is InChI=1S/C34H50FN5O4/c1-38-11-4-5-19(38)8-10-37-34(43)25-17-40-27-14-22-20-6-2-3-7-21(20)31(41)23(22)15-28(27)44-33-29(40)24(32(25)42)13-26(35)30(33)39-12-9-18(36)16-39/h17-24,26-30,33H,2-16,36H2,1H3,(H,37,43)/t18-,19?,20?,21?,22?,23?,24?,26?,27?,28?,29?,30?,33?/m0/s1. The van der Waals surface area contributed by atoms with Gasteiger partial charge >= 0.3 is 0 Å². The average molecular weight is 612 g/mol. The lowest BCUT2D eigenvalue weighted by molar-refractivity contribution is -0.217. The summed E-state index contributed by atoms with van der Waals surface area (Å²) in [4.78, 5) is 48.1. The molecule has 0 radical (unpaired) electrons. The van der Waals surface area contributed by atoms with Crippen LogP contribution in [0.2, 0.25) is 0 Å². The van der Waals surface area contributed by atoms with Gasteiger partial charge in [-0.1, -0.05) is 12.8 Å². The number of nitrogens with zero attached hydrogens (tertiary/aromatic N) is 3. The molecule has 0 aromatic carbocycles. The Labute approximate surface area is 260 Å². The van der Waals surface area contributed by atoms with Gasteiger partial charge in [-0.25, -0.2) is 4.39 Å². The predicted molar refractivity (Wildman–Crippen MR) is 162 cm³/mol. The number of carbonyl (C=O) groups is 3. The summed E-state index contributed by atoms with van der Waals surface area (Å²) < 4.78 is 23.2. The molecule has 4 heterocycles. The van der Waals surface area contributed by atoms with Crippen LogP contribution in [0, 0.1) is 29.6 Å². The van der Waals surface area contributed by atoms with Gasteiger partial charge in [0.1, 0.15) is 12.0 Å². The van der Waals surface area contributed by atoms with Gasteiger partial charge in [0.15, 0.2) is 5.78 Å². The van der Waals surface area contributed by atoms with E-state index >= 15 is 4.39 Å². The van der Waals surface area contributed by atoms with Crippen molar-refractivity contribution in [1.82, 2.24) is 20.0 Å². The molecule has 3 saturated heterocycles. The lowest BCUT2D eigenvalue weighted by Gasteiger charge is -2.61. The number of alkyl halides is 1. The Bertz CT molecular complexity index is 1210. The average Bonchev–Trinajstić information content (AvgIpc) is 3.71. The number of nitrogens with two attached hydrogens (primary N) is 1. The largest absolute Gasteiger partial charge is 0.369 e. The van der Waals surface area contributed by atoms with Crippen LogP contribution in [0.15, 0.2) is 11.8 Å². The molecule has 0 aromatic heterocycles. The molecule has 4 saturated carbocycles. The van der Waals surface area contributed by atoms with Gasteiger partial charge in [0.05, 0.1) is 35.9 Å². The number of halogens is 1. The second kappa shape index (κ2) is 11.4. The van der Waals surface area contributed by atoms with Crippen LogP contribution in [-0.4, -0.2) is 114 Å². The van der Waals surface area contributed by atoms with Gasteiger partial charge in [-0.15, -0.1) is 0 Å². The SMILES string of the molecule is CN1CCCC1CCNC(=O)C1=CN2C3CC4C(CC3OC3C(N5CC[C@H](N)C5)C(F)CC(C1=O)C32)C(=O)C1CCCCC14. The second-order valence-electron chi connectivity index (χ2n) is 15.5. The number of likely N-dealkylation sites (tertiary alicyclic amines) is 2. The van der Waals surface area contributed by atoms with Crippen molar-refractivity contribution >= 4 is 17.5 Å². The van der Waals surface area contributed by atoms with Gasteiger partial charge < -0.3 is 25.6 Å². The summed E-state index contributed by atoms with van der Waals surface area (Å²) in [6.45, 7) is 2.94. The Morgan fingerprint density at radius 2 is 1.84 bits per heavy atom. The van der Waals surface area contributed by atoms with E-state index < -0.39 is 24.2 Å². The van der Waals surface area contributed by atoms with Gasteiger partial charge in [-0.3, -0.25) is 19.3 Å². The molecule has 0 aromatic rings. The topological polar surface area (TPSA) is 108 Å². The molecule has 12 unspecified atom stereocenters. The summed E-state index contributed by atoms with van der Waals surface area (Å²) in [5.74, 6) is 0.147. The molecule has 7 fully saturated rings. The van der Waals surface area contributed by atoms with E-state index in [1.54, 1.807) is 0 Å². The predicted octanol–water partition coefficient (Wildman–Crippen LogP) is 2.04. The fourth-order valence-corrected chi connectivity index (χ4v) is 11.2. The third-order valence-corrected chi connectivity index (χ3v) is 13.3. The molecule has 9 nitrogen and oxygen atoms in total. The highest BCUT2D eigenvalue weighted by Crippen LogP contribution is 2.56. The summed E-state index contributed by atoms with van der Waals surface area (Å²) in [5, 5.41) is 3.05. The molecule has 242 valence electrons. The Balaban J connectivity index is 1.10. The number of rotatable bonds is 5. The molecule has 8 rings (SSSR count). The number of amides is 1. The minimum Gasteiger partial charge on any atom is -0.369 e. The summed E-state index contributed by atoms with van der Waals surface area (Å²) in [7, 11) is 2.12. The van der Waals surface area contributed by atoms with Gasteiger partial charge in [0, 0.05) is 55.7 Å². The van der Waals surface area contributed by atoms with E-state index in [2.05, 4.69) is 27.1 Å². The van der Waals surface area contributed by atoms with Crippen molar-refractivity contribution in [1.29, 1.82) is 0 Å². The van der Waals surface area contributed by atoms with Crippen LogP contribution in [0.4, 0.5) is 4.39 Å². The summed E-state index contributed by atoms with van der Waals surface area (Å²) in [6.07, 6.45) is 9.85. The molecule has 0 spiro atoms. The summed E-state index contributed by atoms with van der Waals surface area (Å²) >= 11 is 0. The van der Waals surface area contributed by atoms with Gasteiger partial charge in [-0.05, 0) is 83.2 Å². The highest BCUT2D eigenvalue weighted by Gasteiger charge is 2.63. The van der Waals surface area contributed by atoms with Crippen LogP contribution in [0.25, 0.3) is 0 Å². The van der Waals surface area contributed by atoms with Crippen LogP contribution in [-0.2, 0) is 19.1 Å². The molecule has 8 aliphatic rings. The Kier molecular flexibility index (Phi) is 7.66. The summed E-state index contributed by atoms with van der Waals surface area (Å²) in [6, 6.07) is -0.348. The first-order chi connectivity index (χ1) is 21.3. The van der Waals surface area contributed by atoms with E-state index in [1.165, 1.54) is 12.8 Å². The number of fused-ring (bicyclic) bond motifs is 5. The molecule has 13 atom stereocenters. The van der Waals surface area contributed by atoms with Crippen molar-refractivity contribution < 1.29 is 23.5 Å². The van der Waals surface area contributed by atoms with Crippen LogP contribution in [0.3, 0.4) is 0 Å². The highest BCUT2D eigenvalue weighted by atomic mass is 19.1. The third kappa shape index (κ3) is 4.71. The zero-order valence-corrected chi connectivity index (χ0v) is 26.1. The number of morpholine rings is 1. The fraction of sp³-hybridized carbons (Fsp3) is 0.853. The zero-order valence-electron chi connectivity index (χ0n) is 26.1. The van der Waals surface area contributed by atoms with Crippen molar-refractivity contribution in [3.8, 4) is 0 Å². The van der Waals surface area contributed by atoms with Crippen molar-refractivity contribution in [3.05, 3.63) is 11.8 Å². The first kappa shape index (κ1) is 29.5. The molecule has 1 amide bonds. The molecular weight excluding hydrogens is 561 g/mol. The van der Waals surface area contributed by atoms with Crippen LogP contribution in [0.5, 0.6) is 0 Å². The van der Waals surface area contributed by atoms with Crippen molar-refractivity contribution in [2.24, 2.45) is 35.3 Å². The lowest BCUT2D eigenvalue weighted by atomic mass is 9.66. The molecule has 0 bridgehead atoms. The summed E-state index contributed by atoms with van der Waals surface area (Å²) in [5.41, 5.74) is 6.44. The van der Waals surface area contributed by atoms with Gasteiger partial charge in [0.2, 0.25) is 0 Å². The van der Waals surface area contributed by atoms with Crippen LogP contribution < -0.4 is 11.1 Å². The van der Waals surface area contributed by atoms with E-state index in [-0.39, 0.29) is 59.7 Å². The van der Waals surface area contributed by atoms with Crippen LogP contribution in [0.1, 0.15) is 70.6 Å².